The minimum atomic E-state index is -0.811. The summed E-state index contributed by atoms with van der Waals surface area (Å²) in [6.07, 6.45) is 2.12. The van der Waals surface area contributed by atoms with Crippen LogP contribution in [0, 0.1) is 0 Å². The number of likely N-dealkylation sites (N-methyl/N-ethyl adjacent to an activating group) is 1. The molecule has 0 amide bonds. The second-order valence-corrected chi connectivity index (χ2v) is 3.16. The molecule has 1 unspecified atom stereocenters. The third-order valence-electron chi connectivity index (χ3n) is 2.10. The fraction of sp³-hybridized carbons (Fsp3) is 0.556. The highest BCUT2D eigenvalue weighted by molar-refractivity contribution is 5.73. The molecule has 1 heterocycles. The fourth-order valence-electron chi connectivity index (χ4n) is 1.35. The van der Waals surface area contributed by atoms with Crippen molar-refractivity contribution < 1.29 is 14.4 Å². The summed E-state index contributed by atoms with van der Waals surface area (Å²) in [5.74, 6) is -0.137. The molecule has 0 saturated heterocycles. The van der Waals surface area contributed by atoms with Gasteiger partial charge in [0, 0.05) is 6.07 Å². The van der Waals surface area contributed by atoms with E-state index in [4.69, 9.17) is 9.63 Å². The van der Waals surface area contributed by atoms with Crippen molar-refractivity contribution in [3.05, 3.63) is 18.0 Å². The van der Waals surface area contributed by atoms with E-state index in [2.05, 4.69) is 5.16 Å². The lowest BCUT2D eigenvalue weighted by molar-refractivity contribution is -0.143. The molecule has 0 fully saturated rings. The van der Waals surface area contributed by atoms with Gasteiger partial charge in [0.2, 0.25) is 0 Å². The van der Waals surface area contributed by atoms with Crippen molar-refractivity contribution in [1.82, 2.24) is 10.1 Å². The number of carboxylic acids is 1. The number of nitrogens with zero attached hydrogens (tertiary/aromatic N) is 2. The second-order valence-electron chi connectivity index (χ2n) is 3.16. The Morgan fingerprint density at radius 2 is 2.50 bits per heavy atom. The summed E-state index contributed by atoms with van der Waals surface area (Å²) < 4.78 is 4.89. The van der Waals surface area contributed by atoms with E-state index in [0.29, 0.717) is 18.7 Å². The topological polar surface area (TPSA) is 66.6 Å². The van der Waals surface area contributed by atoms with Gasteiger partial charge in [-0.3, -0.25) is 9.69 Å². The third kappa shape index (κ3) is 2.56. The van der Waals surface area contributed by atoms with Crippen LogP contribution in [0.15, 0.2) is 16.8 Å². The summed E-state index contributed by atoms with van der Waals surface area (Å²) in [4.78, 5) is 12.5. The zero-order chi connectivity index (χ0) is 10.6. The molecule has 1 N–H and O–H groups in total. The van der Waals surface area contributed by atoms with Gasteiger partial charge in [-0.1, -0.05) is 12.1 Å². The first-order chi connectivity index (χ1) is 6.65. The summed E-state index contributed by atoms with van der Waals surface area (Å²) in [7, 11) is 1.75. The minimum absolute atomic E-state index is 0.463. The van der Waals surface area contributed by atoms with Gasteiger partial charge in [0.05, 0.1) is 12.7 Å². The Labute approximate surface area is 82.3 Å². The predicted molar refractivity (Wildman–Crippen MR) is 49.7 cm³/mol. The molecule has 1 atom stereocenters. The molecule has 0 aliphatic heterocycles. The Bertz CT molecular complexity index is 284. The van der Waals surface area contributed by atoms with Crippen molar-refractivity contribution in [2.75, 3.05) is 7.05 Å². The lowest BCUT2D eigenvalue weighted by Crippen LogP contribution is -2.37. The number of aromatic nitrogens is 1. The van der Waals surface area contributed by atoms with Gasteiger partial charge >= 0.3 is 5.97 Å². The van der Waals surface area contributed by atoms with Crippen LogP contribution < -0.4 is 0 Å². The van der Waals surface area contributed by atoms with Crippen molar-refractivity contribution in [2.45, 2.75) is 25.9 Å². The number of hydrogen-bond donors (Lipinski definition) is 1. The maximum atomic E-state index is 10.8. The Morgan fingerprint density at radius 3 is 2.93 bits per heavy atom. The van der Waals surface area contributed by atoms with Crippen LogP contribution in [0.1, 0.15) is 19.1 Å². The number of hydrogen-bond acceptors (Lipinski definition) is 4. The van der Waals surface area contributed by atoms with Crippen LogP contribution in [0.3, 0.4) is 0 Å². The van der Waals surface area contributed by atoms with Gasteiger partial charge < -0.3 is 9.63 Å². The van der Waals surface area contributed by atoms with E-state index in [-0.39, 0.29) is 0 Å². The maximum Gasteiger partial charge on any atom is 0.320 e. The van der Waals surface area contributed by atoms with Crippen LogP contribution in [-0.2, 0) is 11.3 Å². The summed E-state index contributed by atoms with van der Waals surface area (Å²) >= 11 is 0. The summed E-state index contributed by atoms with van der Waals surface area (Å²) in [6.45, 7) is 2.31. The van der Waals surface area contributed by atoms with E-state index >= 15 is 0 Å². The van der Waals surface area contributed by atoms with Crippen molar-refractivity contribution in [1.29, 1.82) is 0 Å². The molecule has 0 saturated carbocycles. The van der Waals surface area contributed by atoms with Crippen LogP contribution in [-0.4, -0.2) is 34.2 Å². The van der Waals surface area contributed by atoms with E-state index < -0.39 is 12.0 Å². The van der Waals surface area contributed by atoms with Crippen LogP contribution in [0.25, 0.3) is 0 Å². The largest absolute Gasteiger partial charge is 0.480 e. The third-order valence-corrected chi connectivity index (χ3v) is 2.10. The highest BCUT2D eigenvalue weighted by Crippen LogP contribution is 2.07. The molecule has 5 nitrogen and oxygen atoms in total. The van der Waals surface area contributed by atoms with Crippen molar-refractivity contribution in [3.63, 3.8) is 0 Å². The molecular weight excluding hydrogens is 184 g/mol. The average Bonchev–Trinajstić information content (AvgIpc) is 2.57. The molecule has 0 radical (unpaired) electrons. The molecule has 0 aliphatic rings. The normalized spacial score (nSPS) is 13.1. The van der Waals surface area contributed by atoms with Crippen molar-refractivity contribution in [2.24, 2.45) is 0 Å². The lowest BCUT2D eigenvalue weighted by Gasteiger charge is -2.21. The van der Waals surface area contributed by atoms with Crippen LogP contribution >= 0.6 is 0 Å². The average molecular weight is 198 g/mol. The molecular formula is C9H14N2O3. The number of carboxylic acid groups (broad SMARTS) is 1. The fourth-order valence-corrected chi connectivity index (χ4v) is 1.35. The first-order valence-electron chi connectivity index (χ1n) is 4.47. The van der Waals surface area contributed by atoms with Gasteiger partial charge in [0.1, 0.15) is 6.04 Å². The van der Waals surface area contributed by atoms with Gasteiger partial charge in [-0.05, 0) is 13.5 Å². The van der Waals surface area contributed by atoms with Crippen LogP contribution in [0.5, 0.6) is 0 Å². The highest BCUT2D eigenvalue weighted by atomic mass is 16.5. The molecule has 0 spiro atoms. The molecule has 1 aromatic heterocycles. The first-order valence-corrected chi connectivity index (χ1v) is 4.47. The second kappa shape index (κ2) is 4.76. The molecule has 0 bridgehead atoms. The molecule has 14 heavy (non-hydrogen) atoms. The Hall–Kier alpha value is -1.36. The molecule has 0 aromatic carbocycles. The quantitative estimate of drug-likeness (QED) is 0.763. The molecule has 1 rings (SSSR count). The summed E-state index contributed by atoms with van der Waals surface area (Å²) in [6, 6.07) is 1.26. The van der Waals surface area contributed by atoms with Gasteiger partial charge in [0.15, 0.2) is 5.76 Å². The predicted octanol–water partition coefficient (Wildman–Crippen LogP) is 0.970. The SMILES string of the molecule is CCC(C(=O)O)N(C)Cc1ccno1. The van der Waals surface area contributed by atoms with Crippen molar-refractivity contribution >= 4 is 5.97 Å². The first kappa shape index (κ1) is 10.7. The van der Waals surface area contributed by atoms with Gasteiger partial charge in [-0.15, -0.1) is 0 Å². The Kier molecular flexibility index (Phi) is 3.64. The number of aliphatic carboxylic acids is 1. The van der Waals surface area contributed by atoms with E-state index in [0.717, 1.165) is 0 Å². The van der Waals surface area contributed by atoms with Crippen LogP contribution in [0.4, 0.5) is 0 Å². The van der Waals surface area contributed by atoms with Gasteiger partial charge in [0.25, 0.3) is 0 Å². The Balaban J connectivity index is 2.56. The maximum absolute atomic E-state index is 10.8. The monoisotopic (exact) mass is 198 g/mol. The number of rotatable bonds is 5. The Morgan fingerprint density at radius 1 is 1.79 bits per heavy atom. The molecule has 1 aromatic rings. The van der Waals surface area contributed by atoms with Crippen LogP contribution in [0.2, 0.25) is 0 Å². The number of carbonyl (C=O) groups is 1. The van der Waals surface area contributed by atoms with Crippen molar-refractivity contribution in [3.8, 4) is 0 Å². The standard InChI is InChI=1S/C9H14N2O3/c1-3-8(9(12)13)11(2)6-7-4-5-10-14-7/h4-5,8H,3,6H2,1-2H3,(H,12,13). The van der Waals surface area contributed by atoms with E-state index in [1.165, 1.54) is 0 Å². The van der Waals surface area contributed by atoms with E-state index in [1.54, 1.807) is 24.2 Å². The smallest absolute Gasteiger partial charge is 0.320 e. The highest BCUT2D eigenvalue weighted by Gasteiger charge is 2.20. The van der Waals surface area contributed by atoms with Gasteiger partial charge in [-0.2, -0.15) is 0 Å². The van der Waals surface area contributed by atoms with E-state index in [1.807, 2.05) is 6.92 Å². The molecule has 0 aliphatic carbocycles. The van der Waals surface area contributed by atoms with Gasteiger partial charge in [-0.25, -0.2) is 0 Å². The minimum Gasteiger partial charge on any atom is -0.480 e. The lowest BCUT2D eigenvalue weighted by atomic mass is 10.2. The summed E-state index contributed by atoms with van der Waals surface area (Å²) in [5, 5.41) is 12.4. The van der Waals surface area contributed by atoms with E-state index in [9.17, 15) is 4.79 Å². The zero-order valence-electron chi connectivity index (χ0n) is 8.30. The summed E-state index contributed by atoms with van der Waals surface area (Å²) in [5.41, 5.74) is 0. The molecule has 5 heteroatoms. The molecule has 78 valence electrons. The zero-order valence-corrected chi connectivity index (χ0v) is 8.30.